The van der Waals surface area contributed by atoms with E-state index in [-0.39, 0.29) is 29.6 Å². The fraction of sp³-hybridized carbons (Fsp3) is 0.381. The third-order valence-electron chi connectivity index (χ3n) is 5.50. The topological polar surface area (TPSA) is 66.5 Å². The van der Waals surface area contributed by atoms with Crippen molar-refractivity contribution in [2.24, 2.45) is 5.92 Å². The molecule has 2 aromatic carbocycles. The smallest absolute Gasteiger partial charge is 0.226 e. The van der Waals surface area contributed by atoms with E-state index in [1.54, 1.807) is 11.0 Å². The number of sulfonamides is 1. The number of carbonyl (C=O) groups excluding carboxylic acids is 1. The fourth-order valence-corrected chi connectivity index (χ4v) is 4.96. The lowest BCUT2D eigenvalue weighted by Gasteiger charge is -2.17. The molecule has 1 aliphatic heterocycles. The van der Waals surface area contributed by atoms with Gasteiger partial charge in [-0.15, -0.1) is 0 Å². The third-order valence-corrected chi connectivity index (χ3v) is 6.26. The first-order valence-electron chi connectivity index (χ1n) is 9.43. The monoisotopic (exact) mass is 402 g/mol. The summed E-state index contributed by atoms with van der Waals surface area (Å²) in [4.78, 5) is 14.6. The van der Waals surface area contributed by atoms with Gasteiger partial charge in [-0.2, -0.15) is 0 Å². The molecular formula is C21H23FN2O3S. The molecule has 2 aliphatic rings. The van der Waals surface area contributed by atoms with Gasteiger partial charge < -0.3 is 4.90 Å². The first-order chi connectivity index (χ1) is 13.3. The number of nitrogens with one attached hydrogen (secondary N) is 1. The highest BCUT2D eigenvalue weighted by atomic mass is 32.2. The summed E-state index contributed by atoms with van der Waals surface area (Å²) in [6.45, 7) is 0.899. The predicted octanol–water partition coefficient (Wildman–Crippen LogP) is 2.75. The van der Waals surface area contributed by atoms with Crippen LogP contribution in [0.1, 0.15) is 24.3 Å². The van der Waals surface area contributed by atoms with E-state index < -0.39 is 10.0 Å². The maximum absolute atomic E-state index is 14.7. The van der Waals surface area contributed by atoms with Crippen LogP contribution < -0.4 is 4.72 Å². The van der Waals surface area contributed by atoms with E-state index >= 15 is 0 Å². The minimum absolute atomic E-state index is 0.00920. The van der Waals surface area contributed by atoms with Gasteiger partial charge >= 0.3 is 0 Å². The van der Waals surface area contributed by atoms with Crippen molar-refractivity contribution in [2.45, 2.75) is 24.8 Å². The van der Waals surface area contributed by atoms with Gasteiger partial charge in [-0.25, -0.2) is 17.5 Å². The van der Waals surface area contributed by atoms with E-state index in [0.29, 0.717) is 31.5 Å². The van der Waals surface area contributed by atoms with E-state index in [9.17, 15) is 17.6 Å². The predicted molar refractivity (Wildman–Crippen MR) is 106 cm³/mol. The summed E-state index contributed by atoms with van der Waals surface area (Å²) >= 11 is 0. The summed E-state index contributed by atoms with van der Waals surface area (Å²) in [6.07, 6.45) is 2.35. The van der Waals surface area contributed by atoms with Gasteiger partial charge in [0.1, 0.15) is 5.82 Å². The zero-order valence-electron chi connectivity index (χ0n) is 15.6. The number of hydrogen-bond donors (Lipinski definition) is 1. The number of rotatable bonds is 5. The van der Waals surface area contributed by atoms with Crippen LogP contribution in [-0.2, 0) is 14.8 Å². The number of carbonyl (C=O) groups is 1. The lowest BCUT2D eigenvalue weighted by Crippen LogP contribution is -2.38. The minimum Gasteiger partial charge on any atom is -0.341 e. The highest BCUT2D eigenvalue weighted by Gasteiger charge is 2.48. The van der Waals surface area contributed by atoms with Crippen LogP contribution in [0.5, 0.6) is 0 Å². The summed E-state index contributed by atoms with van der Waals surface area (Å²) in [5.41, 5.74) is 2.38. The summed E-state index contributed by atoms with van der Waals surface area (Å²) < 4.78 is 40.1. The molecule has 1 saturated carbocycles. The SMILES string of the molecule is CS(=O)(=O)N[C@@H]1CCN(C(=O)[C@@H]2C[C@H]2c2c(F)cccc2-c2ccccc2)C1. The van der Waals surface area contributed by atoms with E-state index in [4.69, 9.17) is 0 Å². The molecule has 148 valence electrons. The molecule has 1 N–H and O–H groups in total. The standard InChI is InChI=1S/C21H23FN2O3S/c1-28(26,27)23-15-10-11-24(13-15)21(25)18-12-17(18)20-16(8-5-9-19(20)22)14-6-3-2-4-7-14/h2-9,15,17-18,23H,10-13H2,1H3/t15-,17-,18-/m1/s1. The van der Waals surface area contributed by atoms with Gasteiger partial charge in [0.15, 0.2) is 0 Å². The van der Waals surface area contributed by atoms with Crippen LogP contribution in [0.3, 0.4) is 0 Å². The molecule has 2 fully saturated rings. The quantitative estimate of drug-likeness (QED) is 0.836. The van der Waals surface area contributed by atoms with Crippen LogP contribution in [0.4, 0.5) is 4.39 Å². The molecule has 4 rings (SSSR count). The second-order valence-corrected chi connectivity index (χ2v) is 9.46. The molecule has 0 radical (unpaired) electrons. The summed E-state index contributed by atoms with van der Waals surface area (Å²) in [5.74, 6) is -0.660. The number of amides is 1. The second kappa shape index (κ2) is 7.29. The van der Waals surface area contributed by atoms with Crippen molar-refractivity contribution in [2.75, 3.05) is 19.3 Å². The van der Waals surface area contributed by atoms with Crippen molar-refractivity contribution < 1.29 is 17.6 Å². The lowest BCUT2D eigenvalue weighted by molar-refractivity contribution is -0.131. The van der Waals surface area contributed by atoms with Crippen molar-refractivity contribution in [1.29, 1.82) is 0 Å². The Bertz CT molecular complexity index is 994. The molecule has 5 nitrogen and oxygen atoms in total. The number of likely N-dealkylation sites (tertiary alicyclic amines) is 1. The second-order valence-electron chi connectivity index (χ2n) is 7.68. The molecule has 0 spiro atoms. The van der Waals surface area contributed by atoms with Gasteiger partial charge in [-0.1, -0.05) is 42.5 Å². The molecule has 1 heterocycles. The van der Waals surface area contributed by atoms with E-state index in [1.807, 2.05) is 36.4 Å². The Hall–Kier alpha value is -2.25. The lowest BCUT2D eigenvalue weighted by atomic mass is 9.95. The Balaban J connectivity index is 1.50. The van der Waals surface area contributed by atoms with Crippen LogP contribution in [0.15, 0.2) is 48.5 Å². The molecule has 1 amide bonds. The summed E-state index contributed by atoms with van der Waals surface area (Å²) in [5, 5.41) is 0. The van der Waals surface area contributed by atoms with Crippen LogP contribution in [0.25, 0.3) is 11.1 Å². The van der Waals surface area contributed by atoms with E-state index in [0.717, 1.165) is 17.4 Å². The molecule has 28 heavy (non-hydrogen) atoms. The molecule has 2 aromatic rings. The molecule has 0 bridgehead atoms. The Morgan fingerprint density at radius 1 is 1.14 bits per heavy atom. The van der Waals surface area contributed by atoms with Crippen LogP contribution in [0, 0.1) is 11.7 Å². The molecule has 1 saturated heterocycles. The Kier molecular flexibility index (Phi) is 4.97. The Labute approximate surface area is 164 Å². The number of nitrogens with zero attached hydrogens (tertiary/aromatic N) is 1. The molecule has 0 aromatic heterocycles. The average molecular weight is 402 g/mol. The zero-order valence-corrected chi connectivity index (χ0v) is 16.5. The van der Waals surface area contributed by atoms with Gasteiger partial charge in [0.2, 0.25) is 15.9 Å². The minimum atomic E-state index is -3.29. The van der Waals surface area contributed by atoms with Crippen molar-refractivity contribution in [3.05, 3.63) is 59.9 Å². The van der Waals surface area contributed by atoms with Crippen LogP contribution >= 0.6 is 0 Å². The van der Waals surface area contributed by atoms with Crippen molar-refractivity contribution in [3.8, 4) is 11.1 Å². The average Bonchev–Trinajstić information content (AvgIpc) is 3.31. The fourth-order valence-electron chi connectivity index (χ4n) is 4.16. The van der Waals surface area contributed by atoms with Gasteiger partial charge in [0, 0.05) is 25.0 Å². The Morgan fingerprint density at radius 3 is 2.61 bits per heavy atom. The first-order valence-corrected chi connectivity index (χ1v) is 11.3. The molecule has 3 atom stereocenters. The highest BCUT2D eigenvalue weighted by molar-refractivity contribution is 7.88. The molecule has 0 unspecified atom stereocenters. The molecule has 1 aliphatic carbocycles. The van der Waals surface area contributed by atoms with E-state index in [2.05, 4.69) is 4.72 Å². The maximum Gasteiger partial charge on any atom is 0.226 e. The first kappa shape index (κ1) is 19.1. The van der Waals surface area contributed by atoms with Crippen LogP contribution in [-0.4, -0.2) is 44.6 Å². The summed E-state index contributed by atoms with van der Waals surface area (Å²) in [7, 11) is -3.29. The normalized spacial score (nSPS) is 24.4. The third kappa shape index (κ3) is 3.95. The number of halogens is 1. The highest BCUT2D eigenvalue weighted by Crippen LogP contribution is 2.52. The van der Waals surface area contributed by atoms with Crippen LogP contribution in [0.2, 0.25) is 0 Å². The molecular weight excluding hydrogens is 379 g/mol. The van der Waals surface area contributed by atoms with E-state index in [1.165, 1.54) is 6.07 Å². The van der Waals surface area contributed by atoms with Crippen molar-refractivity contribution >= 4 is 15.9 Å². The van der Waals surface area contributed by atoms with Gasteiger partial charge in [0.05, 0.1) is 6.26 Å². The molecule has 7 heteroatoms. The number of benzene rings is 2. The van der Waals surface area contributed by atoms with Gasteiger partial charge in [0.25, 0.3) is 0 Å². The number of hydrogen-bond acceptors (Lipinski definition) is 3. The van der Waals surface area contributed by atoms with Gasteiger partial charge in [-0.3, -0.25) is 4.79 Å². The maximum atomic E-state index is 14.7. The van der Waals surface area contributed by atoms with Gasteiger partial charge in [-0.05, 0) is 41.5 Å². The van der Waals surface area contributed by atoms with Crippen molar-refractivity contribution in [3.63, 3.8) is 0 Å². The summed E-state index contributed by atoms with van der Waals surface area (Å²) in [6, 6.07) is 14.4. The van der Waals surface area contributed by atoms with Crippen molar-refractivity contribution in [1.82, 2.24) is 9.62 Å². The largest absolute Gasteiger partial charge is 0.341 e. The zero-order chi connectivity index (χ0) is 19.9. The Morgan fingerprint density at radius 2 is 1.89 bits per heavy atom.